The number of rotatable bonds is 5. The SMILES string of the molecule is C=C(C(Oc1cccc(F)n1)[C@H]1O[C@@H]2OC(C)(C)O[C@@H]2[C@H]1OC)C(F)(F)F. The van der Waals surface area contributed by atoms with E-state index < -0.39 is 54.2 Å². The lowest BCUT2D eigenvalue weighted by molar-refractivity contribution is -0.227. The Balaban J connectivity index is 1.90. The van der Waals surface area contributed by atoms with Gasteiger partial charge in [0.25, 0.3) is 0 Å². The molecule has 0 aromatic carbocycles. The maximum atomic E-state index is 13.3. The Kier molecular flexibility index (Phi) is 5.19. The van der Waals surface area contributed by atoms with Gasteiger partial charge in [0.1, 0.15) is 18.3 Å². The third-order valence-corrected chi connectivity index (χ3v) is 4.24. The standard InChI is InChI=1S/C17H19F4NO5/c1-8(17(19,20)21)11(24-10-7-5-6-9(18)22-10)13-12(23-4)14-15(25-13)27-16(2,3)26-14/h5-7,11-15H,1H2,2-4H3/t11?,12-,13+,14+,15+/m0/s1. The van der Waals surface area contributed by atoms with Crippen molar-refractivity contribution in [3.05, 3.63) is 36.3 Å². The van der Waals surface area contributed by atoms with Crippen molar-refractivity contribution < 1.29 is 41.2 Å². The summed E-state index contributed by atoms with van der Waals surface area (Å²) in [5, 5.41) is 0. The number of ether oxygens (including phenoxy) is 5. The molecule has 2 aliphatic heterocycles. The first-order chi connectivity index (χ1) is 12.5. The highest BCUT2D eigenvalue weighted by Crippen LogP contribution is 2.42. The number of hydrogen-bond donors (Lipinski definition) is 0. The number of methoxy groups -OCH3 is 1. The molecular weight excluding hydrogens is 374 g/mol. The predicted octanol–water partition coefficient (Wildman–Crippen LogP) is 2.98. The summed E-state index contributed by atoms with van der Waals surface area (Å²) in [5.41, 5.74) is -1.22. The van der Waals surface area contributed by atoms with E-state index >= 15 is 0 Å². The van der Waals surface area contributed by atoms with Crippen LogP contribution in [0.5, 0.6) is 5.88 Å². The van der Waals surface area contributed by atoms with E-state index in [0.29, 0.717) is 0 Å². The molecule has 3 heterocycles. The van der Waals surface area contributed by atoms with Crippen molar-refractivity contribution in [2.45, 2.75) is 56.5 Å². The molecule has 27 heavy (non-hydrogen) atoms. The molecule has 2 fully saturated rings. The average Bonchev–Trinajstić information content (AvgIpc) is 3.02. The van der Waals surface area contributed by atoms with Gasteiger partial charge in [-0.1, -0.05) is 12.6 Å². The fourth-order valence-electron chi connectivity index (χ4n) is 3.10. The molecule has 1 aromatic heterocycles. The molecule has 2 aliphatic rings. The van der Waals surface area contributed by atoms with Crippen molar-refractivity contribution in [2.24, 2.45) is 0 Å². The summed E-state index contributed by atoms with van der Waals surface area (Å²) in [6.45, 7) is 6.39. The summed E-state index contributed by atoms with van der Waals surface area (Å²) in [6.07, 6.45) is -10.4. The second kappa shape index (κ2) is 7.01. The van der Waals surface area contributed by atoms with Gasteiger partial charge in [-0.3, -0.25) is 0 Å². The first-order valence-electron chi connectivity index (χ1n) is 8.11. The van der Waals surface area contributed by atoms with Crippen molar-refractivity contribution >= 4 is 0 Å². The lowest BCUT2D eigenvalue weighted by Gasteiger charge is -2.31. The Bertz CT molecular complexity index is 711. The molecule has 0 N–H and O–H groups in total. The zero-order valence-corrected chi connectivity index (χ0v) is 14.8. The summed E-state index contributed by atoms with van der Waals surface area (Å²) in [6, 6.07) is 3.53. The number of hydrogen-bond acceptors (Lipinski definition) is 6. The fraction of sp³-hybridized carbons (Fsp3) is 0.588. The Morgan fingerprint density at radius 1 is 1.30 bits per heavy atom. The third kappa shape index (κ3) is 4.08. The van der Waals surface area contributed by atoms with Crippen molar-refractivity contribution in [1.29, 1.82) is 0 Å². The van der Waals surface area contributed by atoms with Crippen LogP contribution in [0.15, 0.2) is 30.4 Å². The zero-order chi connectivity index (χ0) is 20.0. The maximum Gasteiger partial charge on any atom is 0.415 e. The lowest BCUT2D eigenvalue weighted by atomic mass is 9.99. The first kappa shape index (κ1) is 20.0. The van der Waals surface area contributed by atoms with Gasteiger partial charge < -0.3 is 23.7 Å². The van der Waals surface area contributed by atoms with Crippen LogP contribution in [0.1, 0.15) is 13.8 Å². The molecule has 0 amide bonds. The van der Waals surface area contributed by atoms with Gasteiger partial charge in [0.2, 0.25) is 11.8 Å². The Morgan fingerprint density at radius 2 is 2.00 bits per heavy atom. The smallest absolute Gasteiger partial charge is 0.415 e. The quantitative estimate of drug-likeness (QED) is 0.436. The van der Waals surface area contributed by atoms with Crippen molar-refractivity contribution in [3.63, 3.8) is 0 Å². The number of nitrogens with zero attached hydrogens (tertiary/aromatic N) is 1. The predicted molar refractivity (Wildman–Crippen MR) is 83.3 cm³/mol. The van der Waals surface area contributed by atoms with E-state index in [0.717, 1.165) is 6.07 Å². The Labute approximate surface area is 153 Å². The van der Waals surface area contributed by atoms with Crippen LogP contribution in [0.4, 0.5) is 17.6 Å². The van der Waals surface area contributed by atoms with E-state index in [2.05, 4.69) is 11.6 Å². The lowest BCUT2D eigenvalue weighted by Crippen LogP contribution is -2.47. The molecule has 0 bridgehead atoms. The molecular formula is C17H19F4NO5. The normalized spacial score (nSPS) is 30.8. The summed E-state index contributed by atoms with van der Waals surface area (Å²) < 4.78 is 80.9. The van der Waals surface area contributed by atoms with Gasteiger partial charge in [-0.05, 0) is 19.9 Å². The minimum absolute atomic E-state index is 0.344. The molecule has 0 radical (unpaired) electrons. The molecule has 1 aromatic rings. The number of aromatic nitrogens is 1. The largest absolute Gasteiger partial charge is 0.466 e. The van der Waals surface area contributed by atoms with Gasteiger partial charge in [0.05, 0.1) is 5.57 Å². The van der Waals surface area contributed by atoms with Crippen molar-refractivity contribution in [2.75, 3.05) is 7.11 Å². The highest BCUT2D eigenvalue weighted by Gasteiger charge is 2.59. The minimum atomic E-state index is -4.78. The van der Waals surface area contributed by atoms with Crippen molar-refractivity contribution in [3.8, 4) is 5.88 Å². The molecule has 0 saturated carbocycles. The molecule has 3 rings (SSSR count). The molecule has 5 atom stereocenters. The van der Waals surface area contributed by atoms with Crippen LogP contribution in [0.3, 0.4) is 0 Å². The molecule has 0 spiro atoms. The number of alkyl halides is 3. The van der Waals surface area contributed by atoms with Gasteiger partial charge >= 0.3 is 6.18 Å². The molecule has 1 unspecified atom stereocenters. The minimum Gasteiger partial charge on any atom is -0.466 e. The summed E-state index contributed by atoms with van der Waals surface area (Å²) in [5.74, 6) is -2.22. The van der Waals surface area contributed by atoms with Crippen LogP contribution in [0, 0.1) is 5.95 Å². The monoisotopic (exact) mass is 393 g/mol. The summed E-state index contributed by atoms with van der Waals surface area (Å²) in [7, 11) is 1.31. The molecule has 150 valence electrons. The van der Waals surface area contributed by atoms with Crippen LogP contribution in [-0.4, -0.2) is 54.8 Å². The van der Waals surface area contributed by atoms with Gasteiger partial charge in [-0.2, -0.15) is 22.5 Å². The topological polar surface area (TPSA) is 59.0 Å². The van der Waals surface area contributed by atoms with Gasteiger partial charge in [-0.15, -0.1) is 0 Å². The molecule has 0 aliphatic carbocycles. The van der Waals surface area contributed by atoms with E-state index in [-0.39, 0.29) is 5.88 Å². The van der Waals surface area contributed by atoms with Gasteiger partial charge in [0.15, 0.2) is 18.2 Å². The van der Waals surface area contributed by atoms with E-state index in [9.17, 15) is 17.6 Å². The molecule has 6 nitrogen and oxygen atoms in total. The first-order valence-corrected chi connectivity index (χ1v) is 8.11. The van der Waals surface area contributed by atoms with Crippen LogP contribution in [-0.2, 0) is 18.9 Å². The zero-order valence-electron chi connectivity index (χ0n) is 14.8. The van der Waals surface area contributed by atoms with Gasteiger partial charge in [-0.25, -0.2) is 0 Å². The molecule has 10 heteroatoms. The number of halogens is 4. The van der Waals surface area contributed by atoms with E-state index in [4.69, 9.17) is 23.7 Å². The van der Waals surface area contributed by atoms with Crippen LogP contribution < -0.4 is 4.74 Å². The summed E-state index contributed by atoms with van der Waals surface area (Å²) >= 11 is 0. The second-order valence-corrected chi connectivity index (χ2v) is 6.63. The van der Waals surface area contributed by atoms with Crippen LogP contribution in [0.2, 0.25) is 0 Å². The van der Waals surface area contributed by atoms with Crippen molar-refractivity contribution in [1.82, 2.24) is 4.98 Å². The van der Waals surface area contributed by atoms with Crippen LogP contribution >= 0.6 is 0 Å². The van der Waals surface area contributed by atoms with Gasteiger partial charge in [0, 0.05) is 13.2 Å². The van der Waals surface area contributed by atoms with E-state index in [1.165, 1.54) is 19.2 Å². The number of pyridine rings is 1. The summed E-state index contributed by atoms with van der Waals surface area (Å²) in [4.78, 5) is 3.44. The average molecular weight is 393 g/mol. The van der Waals surface area contributed by atoms with E-state index in [1.807, 2.05) is 0 Å². The highest BCUT2D eigenvalue weighted by molar-refractivity contribution is 5.20. The molecule has 2 saturated heterocycles. The van der Waals surface area contributed by atoms with E-state index in [1.54, 1.807) is 13.8 Å². The van der Waals surface area contributed by atoms with Crippen LogP contribution in [0.25, 0.3) is 0 Å². The Hall–Kier alpha value is -1.75. The number of fused-ring (bicyclic) bond motifs is 1. The second-order valence-electron chi connectivity index (χ2n) is 6.63. The Morgan fingerprint density at radius 3 is 2.59 bits per heavy atom. The maximum absolute atomic E-state index is 13.3. The highest BCUT2D eigenvalue weighted by atomic mass is 19.4. The fourth-order valence-corrected chi connectivity index (χ4v) is 3.10. The third-order valence-electron chi connectivity index (χ3n) is 4.24.